The molecule has 1 fully saturated rings. The summed E-state index contributed by atoms with van der Waals surface area (Å²) in [6.07, 6.45) is -2.74. The summed E-state index contributed by atoms with van der Waals surface area (Å²) in [5, 5.41) is 28.4. The van der Waals surface area contributed by atoms with Crippen LogP contribution in [-0.4, -0.2) is 54.8 Å². The summed E-state index contributed by atoms with van der Waals surface area (Å²) < 4.78 is 20.2. The molecule has 2 aromatic heterocycles. The first-order valence-corrected chi connectivity index (χ1v) is 5.90. The Labute approximate surface area is 111 Å². The predicted octanol–water partition coefficient (Wildman–Crippen LogP) is -1.52. The zero-order chi connectivity index (χ0) is 14.4. The number of nitrogens with zero attached hydrogens (tertiary/aromatic N) is 2. The van der Waals surface area contributed by atoms with Gasteiger partial charge in [-0.05, 0) is 0 Å². The molecule has 0 aromatic carbocycles. The molecule has 2 aromatic rings. The number of hydrogen-bond donors (Lipinski definition) is 4. The highest BCUT2D eigenvalue weighted by atomic mass is 19.1. The fourth-order valence-electron chi connectivity index (χ4n) is 2.35. The molecule has 4 N–H and O–H groups in total. The van der Waals surface area contributed by atoms with Crippen molar-refractivity contribution in [2.45, 2.75) is 24.5 Å². The lowest BCUT2D eigenvalue weighted by molar-refractivity contribution is -0.0510. The molecule has 20 heavy (non-hydrogen) atoms. The van der Waals surface area contributed by atoms with Gasteiger partial charge in [0.1, 0.15) is 23.7 Å². The summed E-state index contributed by atoms with van der Waals surface area (Å²) in [6, 6.07) is 0. The molecule has 4 atom stereocenters. The van der Waals surface area contributed by atoms with E-state index in [4.69, 9.17) is 9.84 Å². The molecule has 1 aliphatic rings. The molecule has 0 spiro atoms. The van der Waals surface area contributed by atoms with Gasteiger partial charge in [-0.15, -0.1) is 0 Å². The highest BCUT2D eigenvalue weighted by Gasteiger charge is 2.44. The van der Waals surface area contributed by atoms with Crippen LogP contribution >= 0.6 is 0 Å². The number of H-pyrrole nitrogens is 1. The number of halogens is 1. The van der Waals surface area contributed by atoms with Gasteiger partial charge in [-0.25, -0.2) is 9.37 Å². The van der Waals surface area contributed by atoms with E-state index in [1.165, 1.54) is 0 Å². The van der Waals surface area contributed by atoms with Crippen LogP contribution in [0.5, 0.6) is 0 Å². The van der Waals surface area contributed by atoms with Crippen molar-refractivity contribution in [1.29, 1.82) is 0 Å². The van der Waals surface area contributed by atoms with Gasteiger partial charge in [0.2, 0.25) is 0 Å². The Kier molecular flexibility index (Phi) is 3.05. The Balaban J connectivity index is 2.12. The SMILES string of the molecule is O=c1[nH]cnc2c1c(F)cn2[C@@H]1O[C@H](CO)C(O)[C@@H]1O. The number of aliphatic hydroxyl groups excluding tert-OH is 3. The van der Waals surface area contributed by atoms with E-state index in [1.807, 2.05) is 0 Å². The molecule has 1 unspecified atom stereocenters. The van der Waals surface area contributed by atoms with Gasteiger partial charge in [0, 0.05) is 6.20 Å². The third-order valence-electron chi connectivity index (χ3n) is 3.36. The van der Waals surface area contributed by atoms with Crippen LogP contribution in [0, 0.1) is 5.82 Å². The van der Waals surface area contributed by atoms with Crippen molar-refractivity contribution in [3.8, 4) is 0 Å². The lowest BCUT2D eigenvalue weighted by atomic mass is 10.1. The lowest BCUT2D eigenvalue weighted by Crippen LogP contribution is -2.33. The minimum absolute atomic E-state index is 0.0129. The third kappa shape index (κ3) is 1.75. The molecular weight excluding hydrogens is 273 g/mol. The van der Waals surface area contributed by atoms with Crippen LogP contribution in [-0.2, 0) is 4.74 Å². The zero-order valence-electron chi connectivity index (χ0n) is 10.1. The highest BCUT2D eigenvalue weighted by molar-refractivity contribution is 5.75. The molecular formula is C11H12FN3O5. The first-order chi connectivity index (χ1) is 9.54. The number of nitrogens with one attached hydrogen (secondary N) is 1. The standard InChI is InChI=1S/C11H12FN3O5/c12-4-1-15(9-6(4)10(19)14-3-13-9)11-8(18)7(17)5(2-16)20-11/h1,3,5,7-8,11,16-18H,2H2,(H,13,14,19)/t5-,7?,8+,11-/m1/s1. The Hall–Kier alpha value is -1.81. The first kappa shape index (κ1) is 13.2. The molecule has 108 valence electrons. The number of rotatable bonds is 2. The van der Waals surface area contributed by atoms with Crippen LogP contribution in [0.15, 0.2) is 17.3 Å². The minimum atomic E-state index is -1.37. The minimum Gasteiger partial charge on any atom is -0.394 e. The largest absolute Gasteiger partial charge is 0.394 e. The summed E-state index contributed by atoms with van der Waals surface area (Å²) in [4.78, 5) is 17.6. The smallest absolute Gasteiger partial charge is 0.263 e. The van der Waals surface area contributed by atoms with Crippen LogP contribution in [0.25, 0.3) is 11.0 Å². The molecule has 1 saturated heterocycles. The quantitative estimate of drug-likeness (QED) is 0.531. The lowest BCUT2D eigenvalue weighted by Gasteiger charge is -2.16. The molecule has 3 rings (SSSR count). The highest BCUT2D eigenvalue weighted by Crippen LogP contribution is 2.31. The van der Waals surface area contributed by atoms with Crippen molar-refractivity contribution < 1.29 is 24.4 Å². The van der Waals surface area contributed by atoms with Gasteiger partial charge in [0.05, 0.1) is 12.9 Å². The molecule has 8 nitrogen and oxygen atoms in total. The van der Waals surface area contributed by atoms with Crippen molar-refractivity contribution in [3.05, 3.63) is 28.7 Å². The molecule has 9 heteroatoms. The molecule has 0 aliphatic carbocycles. The van der Waals surface area contributed by atoms with Crippen LogP contribution in [0.3, 0.4) is 0 Å². The molecule has 0 saturated carbocycles. The van der Waals surface area contributed by atoms with Gasteiger partial charge in [-0.2, -0.15) is 0 Å². The second-order valence-electron chi connectivity index (χ2n) is 4.54. The number of fused-ring (bicyclic) bond motifs is 1. The second-order valence-corrected chi connectivity index (χ2v) is 4.54. The Bertz CT molecular complexity index is 699. The van der Waals surface area contributed by atoms with Crippen molar-refractivity contribution in [2.75, 3.05) is 6.61 Å². The number of aromatic amines is 1. The van der Waals surface area contributed by atoms with E-state index < -0.39 is 42.5 Å². The monoisotopic (exact) mass is 285 g/mol. The normalized spacial score (nSPS) is 30.2. The topological polar surface area (TPSA) is 121 Å². The zero-order valence-corrected chi connectivity index (χ0v) is 10.1. The van der Waals surface area contributed by atoms with Crippen molar-refractivity contribution in [2.24, 2.45) is 0 Å². The molecule has 0 radical (unpaired) electrons. The van der Waals surface area contributed by atoms with E-state index in [-0.39, 0.29) is 11.0 Å². The van der Waals surface area contributed by atoms with Gasteiger partial charge in [-0.3, -0.25) is 4.79 Å². The Morgan fingerprint density at radius 3 is 2.85 bits per heavy atom. The van der Waals surface area contributed by atoms with Crippen LogP contribution in [0.4, 0.5) is 4.39 Å². The van der Waals surface area contributed by atoms with Crippen molar-refractivity contribution in [3.63, 3.8) is 0 Å². The number of ether oxygens (including phenoxy) is 1. The summed E-state index contributed by atoms with van der Waals surface area (Å²) in [6.45, 7) is -0.496. The van der Waals surface area contributed by atoms with E-state index in [9.17, 15) is 19.4 Å². The summed E-state index contributed by atoms with van der Waals surface area (Å²) in [5.41, 5.74) is -0.668. The Morgan fingerprint density at radius 2 is 2.20 bits per heavy atom. The summed E-state index contributed by atoms with van der Waals surface area (Å²) >= 11 is 0. The molecule has 0 amide bonds. The average Bonchev–Trinajstić information content (AvgIpc) is 2.90. The van der Waals surface area contributed by atoms with Crippen molar-refractivity contribution >= 4 is 11.0 Å². The molecule has 1 aliphatic heterocycles. The van der Waals surface area contributed by atoms with Gasteiger partial charge in [0.15, 0.2) is 17.7 Å². The molecule has 3 heterocycles. The third-order valence-corrected chi connectivity index (χ3v) is 3.36. The second kappa shape index (κ2) is 4.63. The fourth-order valence-corrected chi connectivity index (χ4v) is 2.35. The van der Waals surface area contributed by atoms with E-state index in [2.05, 4.69) is 9.97 Å². The van der Waals surface area contributed by atoms with E-state index in [0.717, 1.165) is 17.1 Å². The van der Waals surface area contributed by atoms with Crippen LogP contribution in [0.2, 0.25) is 0 Å². The average molecular weight is 285 g/mol. The maximum Gasteiger partial charge on any atom is 0.263 e. The predicted molar refractivity (Wildman–Crippen MR) is 63.3 cm³/mol. The number of aliphatic hydroxyl groups is 3. The summed E-state index contributed by atoms with van der Waals surface area (Å²) in [7, 11) is 0. The number of aromatic nitrogens is 3. The van der Waals surface area contributed by atoms with Crippen molar-refractivity contribution in [1.82, 2.24) is 14.5 Å². The fraction of sp³-hybridized carbons (Fsp3) is 0.455. The van der Waals surface area contributed by atoms with Crippen LogP contribution in [0.1, 0.15) is 6.23 Å². The maximum atomic E-state index is 13.8. The van der Waals surface area contributed by atoms with E-state index >= 15 is 0 Å². The molecule has 0 bridgehead atoms. The van der Waals surface area contributed by atoms with Crippen LogP contribution < -0.4 is 5.56 Å². The number of hydrogen-bond acceptors (Lipinski definition) is 6. The first-order valence-electron chi connectivity index (χ1n) is 5.90. The van der Waals surface area contributed by atoms with E-state index in [1.54, 1.807) is 0 Å². The van der Waals surface area contributed by atoms with Gasteiger partial charge < -0.3 is 29.6 Å². The van der Waals surface area contributed by atoms with Gasteiger partial charge in [0.25, 0.3) is 5.56 Å². The van der Waals surface area contributed by atoms with E-state index in [0.29, 0.717) is 0 Å². The summed E-state index contributed by atoms with van der Waals surface area (Å²) in [5.74, 6) is -0.813. The van der Waals surface area contributed by atoms with Gasteiger partial charge >= 0.3 is 0 Å². The maximum absolute atomic E-state index is 13.8. The Morgan fingerprint density at radius 1 is 1.45 bits per heavy atom. The van der Waals surface area contributed by atoms with Gasteiger partial charge in [-0.1, -0.05) is 0 Å².